The first-order valence-corrected chi connectivity index (χ1v) is 6.83. The zero-order valence-electron chi connectivity index (χ0n) is 11.3. The van der Waals surface area contributed by atoms with Gasteiger partial charge in [-0.3, -0.25) is 4.79 Å². The highest BCUT2D eigenvalue weighted by molar-refractivity contribution is 5.96. The molecule has 1 aromatic rings. The number of amides is 1. The van der Waals surface area contributed by atoms with Crippen LogP contribution in [0.25, 0.3) is 0 Å². The number of anilines is 1. The molecule has 3 heteroatoms. The lowest BCUT2D eigenvalue weighted by atomic mass is 10.0. The Balaban J connectivity index is 2.06. The number of carbonyl (C=O) groups is 1. The molecule has 2 rings (SSSR count). The molecule has 1 aliphatic heterocycles. The van der Waals surface area contributed by atoms with Gasteiger partial charge in [-0.05, 0) is 30.9 Å². The van der Waals surface area contributed by atoms with Crippen LogP contribution in [0, 0.1) is 12.3 Å². The fourth-order valence-electron chi connectivity index (χ4n) is 2.42. The Morgan fingerprint density at radius 2 is 2.32 bits per heavy atom. The van der Waals surface area contributed by atoms with Crippen LogP contribution in [0.15, 0.2) is 24.3 Å². The summed E-state index contributed by atoms with van der Waals surface area (Å²) in [6.45, 7) is 2.08. The molecule has 1 aromatic carbocycles. The largest absolute Gasteiger partial charge is 0.324 e. The number of rotatable bonds is 4. The number of aryl methyl sites for hydroxylation is 1. The van der Waals surface area contributed by atoms with E-state index in [4.69, 9.17) is 6.42 Å². The molecule has 1 amide bonds. The lowest BCUT2D eigenvalue weighted by Crippen LogP contribution is -2.45. The van der Waals surface area contributed by atoms with Crippen LogP contribution in [-0.4, -0.2) is 18.0 Å². The second-order valence-electron chi connectivity index (χ2n) is 4.92. The van der Waals surface area contributed by atoms with Crippen LogP contribution in [-0.2, 0) is 11.2 Å². The zero-order chi connectivity index (χ0) is 13.7. The fraction of sp³-hybridized carbons (Fsp3) is 0.438. The predicted molar refractivity (Wildman–Crippen MR) is 77.8 cm³/mol. The molecular weight excluding hydrogens is 236 g/mol. The smallest absolute Gasteiger partial charge is 0.241 e. The number of nitrogens with one attached hydrogen (secondary N) is 2. The molecule has 2 atom stereocenters. The summed E-state index contributed by atoms with van der Waals surface area (Å²) in [4.78, 5) is 12.2. The fourth-order valence-corrected chi connectivity index (χ4v) is 2.42. The first-order valence-electron chi connectivity index (χ1n) is 6.83. The molecule has 1 aliphatic rings. The van der Waals surface area contributed by atoms with Crippen molar-refractivity contribution in [3.8, 4) is 12.3 Å². The Bertz CT molecular complexity index is 490. The molecule has 2 unspecified atom stereocenters. The lowest BCUT2D eigenvalue weighted by molar-refractivity contribution is -0.118. The molecule has 0 saturated carbocycles. The molecule has 3 nitrogen and oxygen atoms in total. The topological polar surface area (TPSA) is 41.1 Å². The van der Waals surface area contributed by atoms with E-state index in [9.17, 15) is 4.79 Å². The number of terminal acetylenes is 1. The average Bonchev–Trinajstić information content (AvgIpc) is 2.58. The van der Waals surface area contributed by atoms with E-state index < -0.39 is 0 Å². The number of fused-ring (bicyclic) bond motifs is 1. The highest BCUT2D eigenvalue weighted by Crippen LogP contribution is 2.21. The van der Waals surface area contributed by atoms with Crippen molar-refractivity contribution in [2.75, 3.05) is 5.32 Å². The third kappa shape index (κ3) is 3.36. The zero-order valence-corrected chi connectivity index (χ0v) is 11.3. The van der Waals surface area contributed by atoms with E-state index in [0.29, 0.717) is 6.42 Å². The van der Waals surface area contributed by atoms with Crippen molar-refractivity contribution in [3.63, 3.8) is 0 Å². The summed E-state index contributed by atoms with van der Waals surface area (Å²) in [5.41, 5.74) is 2.13. The molecule has 0 saturated heterocycles. The molecule has 100 valence electrons. The van der Waals surface area contributed by atoms with E-state index in [2.05, 4.69) is 29.5 Å². The van der Waals surface area contributed by atoms with Gasteiger partial charge in [0.05, 0.1) is 6.04 Å². The maximum absolute atomic E-state index is 12.2. The summed E-state index contributed by atoms with van der Waals surface area (Å²) < 4.78 is 0. The van der Waals surface area contributed by atoms with Crippen LogP contribution in [0.5, 0.6) is 0 Å². The number of benzene rings is 1. The van der Waals surface area contributed by atoms with Crippen LogP contribution in [0.2, 0.25) is 0 Å². The van der Waals surface area contributed by atoms with Gasteiger partial charge in [0.25, 0.3) is 0 Å². The van der Waals surface area contributed by atoms with E-state index in [-0.39, 0.29) is 18.0 Å². The van der Waals surface area contributed by atoms with Gasteiger partial charge >= 0.3 is 0 Å². The SMILES string of the molecule is C#CCC(CC)NC1CCc2ccccc2NC1=O. The van der Waals surface area contributed by atoms with Crippen LogP contribution in [0.1, 0.15) is 31.7 Å². The normalized spacial score (nSPS) is 19.8. The van der Waals surface area contributed by atoms with Gasteiger partial charge in [0.1, 0.15) is 0 Å². The summed E-state index contributed by atoms with van der Waals surface area (Å²) >= 11 is 0. The number of hydrogen-bond acceptors (Lipinski definition) is 2. The van der Waals surface area contributed by atoms with E-state index in [1.165, 1.54) is 5.56 Å². The van der Waals surface area contributed by atoms with Crippen LogP contribution in [0.3, 0.4) is 0 Å². The maximum atomic E-state index is 12.2. The van der Waals surface area contributed by atoms with Gasteiger partial charge in [0.15, 0.2) is 0 Å². The minimum atomic E-state index is -0.161. The van der Waals surface area contributed by atoms with Crippen molar-refractivity contribution in [2.45, 2.75) is 44.7 Å². The molecule has 0 radical (unpaired) electrons. The Morgan fingerprint density at radius 3 is 3.05 bits per heavy atom. The van der Waals surface area contributed by atoms with Gasteiger partial charge in [0.2, 0.25) is 5.91 Å². The Kier molecular flexibility index (Phi) is 4.59. The van der Waals surface area contributed by atoms with Gasteiger partial charge in [-0.2, -0.15) is 0 Å². The number of hydrogen-bond donors (Lipinski definition) is 2. The molecule has 0 aromatic heterocycles. The van der Waals surface area contributed by atoms with Gasteiger partial charge in [-0.1, -0.05) is 25.1 Å². The van der Waals surface area contributed by atoms with Crippen LogP contribution >= 0.6 is 0 Å². The monoisotopic (exact) mass is 256 g/mol. The van der Waals surface area contributed by atoms with Crippen LogP contribution < -0.4 is 10.6 Å². The van der Waals surface area contributed by atoms with Crippen molar-refractivity contribution in [1.29, 1.82) is 0 Å². The predicted octanol–water partition coefficient (Wildman–Crippen LogP) is 2.33. The molecule has 0 fully saturated rings. The minimum Gasteiger partial charge on any atom is -0.324 e. The Hall–Kier alpha value is -1.79. The first-order chi connectivity index (χ1) is 9.24. The molecular formula is C16H20N2O. The quantitative estimate of drug-likeness (QED) is 0.812. The second kappa shape index (κ2) is 6.40. The second-order valence-corrected chi connectivity index (χ2v) is 4.92. The Labute approximate surface area is 114 Å². The average molecular weight is 256 g/mol. The van der Waals surface area contributed by atoms with Crippen molar-refractivity contribution < 1.29 is 4.79 Å². The highest BCUT2D eigenvalue weighted by atomic mass is 16.2. The van der Waals surface area contributed by atoms with Gasteiger partial charge in [-0.25, -0.2) is 0 Å². The number of para-hydroxylation sites is 1. The molecule has 19 heavy (non-hydrogen) atoms. The summed E-state index contributed by atoms with van der Waals surface area (Å²) in [5, 5.41) is 6.37. The van der Waals surface area contributed by atoms with Crippen molar-refractivity contribution in [3.05, 3.63) is 29.8 Å². The van der Waals surface area contributed by atoms with E-state index in [0.717, 1.165) is 24.9 Å². The van der Waals surface area contributed by atoms with Crippen molar-refractivity contribution in [1.82, 2.24) is 5.32 Å². The van der Waals surface area contributed by atoms with E-state index >= 15 is 0 Å². The summed E-state index contributed by atoms with van der Waals surface area (Å²) in [6.07, 6.45) is 8.66. The highest BCUT2D eigenvalue weighted by Gasteiger charge is 2.24. The third-order valence-electron chi connectivity index (χ3n) is 3.59. The third-order valence-corrected chi connectivity index (χ3v) is 3.59. The standard InChI is InChI=1S/C16H20N2O/c1-3-7-13(4-2)17-15-11-10-12-8-5-6-9-14(12)18-16(15)19/h1,5-6,8-9,13,15,17H,4,7,10-11H2,2H3,(H,18,19). The van der Waals surface area contributed by atoms with Gasteiger partial charge in [-0.15, -0.1) is 12.3 Å². The first kappa shape index (κ1) is 13.6. The van der Waals surface area contributed by atoms with Crippen molar-refractivity contribution in [2.24, 2.45) is 0 Å². The summed E-state index contributed by atoms with van der Waals surface area (Å²) in [5.74, 6) is 2.70. The Morgan fingerprint density at radius 1 is 1.53 bits per heavy atom. The summed E-state index contributed by atoms with van der Waals surface area (Å²) in [6, 6.07) is 8.02. The lowest BCUT2D eigenvalue weighted by Gasteiger charge is -2.21. The minimum absolute atomic E-state index is 0.0421. The van der Waals surface area contributed by atoms with Gasteiger partial charge < -0.3 is 10.6 Å². The molecule has 0 spiro atoms. The number of carbonyl (C=O) groups excluding carboxylic acids is 1. The maximum Gasteiger partial charge on any atom is 0.241 e. The van der Waals surface area contributed by atoms with E-state index in [1.807, 2.05) is 18.2 Å². The molecule has 1 heterocycles. The van der Waals surface area contributed by atoms with Crippen molar-refractivity contribution >= 4 is 11.6 Å². The molecule has 0 aliphatic carbocycles. The van der Waals surface area contributed by atoms with Crippen LogP contribution in [0.4, 0.5) is 5.69 Å². The van der Waals surface area contributed by atoms with E-state index in [1.54, 1.807) is 0 Å². The molecule has 0 bridgehead atoms. The van der Waals surface area contributed by atoms with Gasteiger partial charge in [0, 0.05) is 18.2 Å². The summed E-state index contributed by atoms with van der Waals surface area (Å²) in [7, 11) is 0. The molecule has 2 N–H and O–H groups in total.